The van der Waals surface area contributed by atoms with Crippen LogP contribution in [0.5, 0.6) is 0 Å². The number of rotatable bonds is 4. The third-order valence-electron chi connectivity index (χ3n) is 3.00. The Hall–Kier alpha value is -1.29. The minimum absolute atomic E-state index is 0.0917. The van der Waals surface area contributed by atoms with Crippen molar-refractivity contribution in [3.8, 4) is 0 Å². The zero-order valence-corrected chi connectivity index (χ0v) is 11.0. The van der Waals surface area contributed by atoms with Crippen LogP contribution in [0.25, 0.3) is 0 Å². The molecule has 1 fully saturated rings. The van der Waals surface area contributed by atoms with Crippen LogP contribution < -0.4 is 11.1 Å². The van der Waals surface area contributed by atoms with E-state index in [-0.39, 0.29) is 17.8 Å². The lowest BCUT2D eigenvalue weighted by molar-refractivity contribution is 0.608. The number of halogens is 2. The van der Waals surface area contributed by atoms with Crippen molar-refractivity contribution in [2.45, 2.75) is 31.7 Å². The van der Waals surface area contributed by atoms with Crippen LogP contribution in [-0.2, 0) is 0 Å². The van der Waals surface area contributed by atoms with E-state index in [9.17, 15) is 4.39 Å². The van der Waals surface area contributed by atoms with Crippen LogP contribution in [0, 0.1) is 5.82 Å². The molecule has 98 valence electrons. The molecule has 2 unspecified atom stereocenters. The molecule has 18 heavy (non-hydrogen) atoms. The first-order chi connectivity index (χ1) is 8.63. The van der Waals surface area contributed by atoms with Crippen molar-refractivity contribution in [3.63, 3.8) is 0 Å². The molecule has 2 atom stereocenters. The van der Waals surface area contributed by atoms with Crippen LogP contribution in [0.3, 0.4) is 0 Å². The van der Waals surface area contributed by atoms with Gasteiger partial charge in [0.1, 0.15) is 5.82 Å². The summed E-state index contributed by atoms with van der Waals surface area (Å²) in [7, 11) is 0. The maximum atomic E-state index is 13.7. The number of benzene rings is 1. The van der Waals surface area contributed by atoms with Gasteiger partial charge in [0.25, 0.3) is 0 Å². The number of hydrogen-bond donors (Lipinski definition) is 2. The smallest absolute Gasteiger partial charge is 0.188 e. The second kappa shape index (κ2) is 5.57. The third kappa shape index (κ3) is 2.93. The minimum Gasteiger partial charge on any atom is -0.370 e. The summed E-state index contributed by atoms with van der Waals surface area (Å²) in [6.07, 6.45) is 1.79. The van der Waals surface area contributed by atoms with Gasteiger partial charge in [0.2, 0.25) is 0 Å². The molecule has 0 aliphatic heterocycles. The lowest BCUT2D eigenvalue weighted by Gasteiger charge is -2.07. The molecular weight excluding hydrogens is 253 g/mol. The second-order valence-corrected chi connectivity index (χ2v) is 4.90. The molecule has 0 heterocycles. The standard InChI is InChI=1S/C13H17ClFN3/c1-2-6-17-13(16)18-11-7-8(11)12-9(14)4-3-5-10(12)15/h3-5,8,11H,2,6-7H2,1H3,(H3,16,17,18). The van der Waals surface area contributed by atoms with Gasteiger partial charge in [-0.05, 0) is 25.0 Å². The number of nitrogens with one attached hydrogen (secondary N) is 1. The normalized spacial score (nSPS) is 22.9. The Morgan fingerprint density at radius 3 is 3.06 bits per heavy atom. The first-order valence-electron chi connectivity index (χ1n) is 6.13. The predicted molar refractivity (Wildman–Crippen MR) is 72.5 cm³/mol. The molecule has 2 rings (SSSR count). The minimum atomic E-state index is -0.249. The molecule has 0 spiro atoms. The largest absolute Gasteiger partial charge is 0.370 e. The Labute approximate surface area is 111 Å². The summed E-state index contributed by atoms with van der Waals surface area (Å²) >= 11 is 6.02. The Kier molecular flexibility index (Phi) is 4.07. The Bertz CT molecular complexity index is 441. The predicted octanol–water partition coefficient (Wildman–Crippen LogP) is 2.65. The van der Waals surface area contributed by atoms with Gasteiger partial charge in [0.15, 0.2) is 5.96 Å². The summed E-state index contributed by atoms with van der Waals surface area (Å²) in [6.45, 7) is 2.74. The van der Waals surface area contributed by atoms with Crippen molar-refractivity contribution in [1.82, 2.24) is 5.32 Å². The molecule has 0 aromatic heterocycles. The highest BCUT2D eigenvalue weighted by Crippen LogP contribution is 2.44. The van der Waals surface area contributed by atoms with Crippen molar-refractivity contribution >= 4 is 17.6 Å². The second-order valence-electron chi connectivity index (χ2n) is 4.50. The highest BCUT2D eigenvalue weighted by molar-refractivity contribution is 6.31. The molecule has 0 bridgehead atoms. The van der Waals surface area contributed by atoms with Gasteiger partial charge in [-0.15, -0.1) is 0 Å². The summed E-state index contributed by atoms with van der Waals surface area (Å²) < 4.78 is 13.7. The zero-order valence-electron chi connectivity index (χ0n) is 10.3. The summed E-state index contributed by atoms with van der Waals surface area (Å²) in [5, 5.41) is 3.57. The van der Waals surface area contributed by atoms with E-state index in [1.165, 1.54) is 6.07 Å². The van der Waals surface area contributed by atoms with E-state index in [4.69, 9.17) is 17.3 Å². The van der Waals surface area contributed by atoms with Gasteiger partial charge in [-0.1, -0.05) is 24.6 Å². The van der Waals surface area contributed by atoms with Crippen LogP contribution in [0.2, 0.25) is 5.02 Å². The van der Waals surface area contributed by atoms with Crippen LogP contribution in [-0.4, -0.2) is 18.5 Å². The van der Waals surface area contributed by atoms with Crippen LogP contribution in [0.1, 0.15) is 31.2 Å². The Balaban J connectivity index is 1.99. The van der Waals surface area contributed by atoms with Gasteiger partial charge < -0.3 is 11.1 Å². The summed E-state index contributed by atoms with van der Waals surface area (Å²) in [5.74, 6) is 0.270. The first-order valence-corrected chi connectivity index (χ1v) is 6.51. The highest BCUT2D eigenvalue weighted by Gasteiger charge is 2.41. The highest BCUT2D eigenvalue weighted by atomic mass is 35.5. The van der Waals surface area contributed by atoms with E-state index >= 15 is 0 Å². The molecule has 5 heteroatoms. The van der Waals surface area contributed by atoms with E-state index in [2.05, 4.69) is 10.3 Å². The van der Waals surface area contributed by atoms with Crippen molar-refractivity contribution < 1.29 is 4.39 Å². The summed E-state index contributed by atoms with van der Waals surface area (Å²) in [5.41, 5.74) is 6.31. The van der Waals surface area contributed by atoms with E-state index in [1.807, 2.05) is 6.92 Å². The molecule has 1 saturated carbocycles. The average molecular weight is 270 g/mol. The Morgan fingerprint density at radius 2 is 2.39 bits per heavy atom. The van der Waals surface area contributed by atoms with Crippen molar-refractivity contribution in [3.05, 3.63) is 34.6 Å². The first kappa shape index (κ1) is 13.1. The summed E-state index contributed by atoms with van der Waals surface area (Å²) in [6, 6.07) is 4.90. The van der Waals surface area contributed by atoms with Gasteiger partial charge in [-0.3, -0.25) is 4.99 Å². The maximum absolute atomic E-state index is 13.7. The molecule has 1 aromatic rings. The fourth-order valence-electron chi connectivity index (χ4n) is 2.01. The SMILES string of the molecule is CCCN=C(N)NC1CC1c1c(F)cccc1Cl. The molecule has 0 amide bonds. The average Bonchev–Trinajstić information content (AvgIpc) is 3.05. The molecule has 1 aliphatic rings. The molecule has 1 aliphatic carbocycles. The number of guanidine groups is 1. The lowest BCUT2D eigenvalue weighted by atomic mass is 10.1. The van der Waals surface area contributed by atoms with E-state index in [1.54, 1.807) is 12.1 Å². The van der Waals surface area contributed by atoms with Crippen LogP contribution >= 0.6 is 11.6 Å². The molecule has 1 aromatic carbocycles. The van der Waals surface area contributed by atoms with Gasteiger partial charge in [0.05, 0.1) is 0 Å². The molecule has 0 saturated heterocycles. The number of aliphatic imine (C=N–C) groups is 1. The molecule has 3 nitrogen and oxygen atoms in total. The van der Waals surface area contributed by atoms with E-state index in [0.717, 1.165) is 12.8 Å². The van der Waals surface area contributed by atoms with Gasteiger partial charge in [-0.25, -0.2) is 4.39 Å². The molecule has 3 N–H and O–H groups in total. The quantitative estimate of drug-likeness (QED) is 0.652. The van der Waals surface area contributed by atoms with Gasteiger partial charge in [0, 0.05) is 29.1 Å². The topological polar surface area (TPSA) is 50.4 Å². The fourth-order valence-corrected chi connectivity index (χ4v) is 2.31. The maximum Gasteiger partial charge on any atom is 0.188 e. The number of nitrogens with zero attached hydrogens (tertiary/aromatic N) is 1. The van der Waals surface area contributed by atoms with Crippen LogP contribution in [0.15, 0.2) is 23.2 Å². The van der Waals surface area contributed by atoms with E-state index < -0.39 is 0 Å². The van der Waals surface area contributed by atoms with Gasteiger partial charge >= 0.3 is 0 Å². The van der Waals surface area contributed by atoms with E-state index in [0.29, 0.717) is 23.1 Å². The monoisotopic (exact) mass is 269 g/mol. The molecule has 0 radical (unpaired) electrons. The number of nitrogens with two attached hydrogens (primary N) is 1. The fraction of sp³-hybridized carbons (Fsp3) is 0.462. The Morgan fingerprint density at radius 1 is 1.61 bits per heavy atom. The van der Waals surface area contributed by atoms with Crippen molar-refractivity contribution in [1.29, 1.82) is 0 Å². The van der Waals surface area contributed by atoms with Crippen molar-refractivity contribution in [2.24, 2.45) is 10.7 Å². The zero-order chi connectivity index (χ0) is 13.1. The van der Waals surface area contributed by atoms with Crippen LogP contribution in [0.4, 0.5) is 4.39 Å². The van der Waals surface area contributed by atoms with Gasteiger partial charge in [-0.2, -0.15) is 0 Å². The molecular formula is C13H17ClFN3. The lowest BCUT2D eigenvalue weighted by Crippen LogP contribution is -2.34. The third-order valence-corrected chi connectivity index (χ3v) is 3.33. The van der Waals surface area contributed by atoms with Crippen molar-refractivity contribution in [2.75, 3.05) is 6.54 Å². The summed E-state index contributed by atoms with van der Waals surface area (Å²) in [4.78, 5) is 4.15. The number of hydrogen-bond acceptors (Lipinski definition) is 1.